The minimum absolute atomic E-state index is 0.123. The standard InChI is InChI=1S/C29H32F2N4O5/c1-29(2,3)40-28(39)33-17-11-12-34(14-17)25-21(30)23(32-13-16-7-5-4-6-8-16)20-24(22(25)31)35(18-9-10-18)15-19(26(20)36)27(37)38/h4-8,15,17-18,32H,9-14H2,1-3H3,(H,33,39)(H,37,38). The molecule has 0 spiro atoms. The van der Waals surface area contributed by atoms with Crippen LogP contribution in [0.15, 0.2) is 41.3 Å². The number of ether oxygens (including phenoxy) is 1. The van der Waals surface area contributed by atoms with Gasteiger partial charge in [0.1, 0.15) is 16.9 Å². The molecular weight excluding hydrogens is 522 g/mol. The molecule has 212 valence electrons. The third-order valence-corrected chi connectivity index (χ3v) is 7.04. The van der Waals surface area contributed by atoms with Gasteiger partial charge >= 0.3 is 12.1 Å². The predicted octanol–water partition coefficient (Wildman–Crippen LogP) is 5.03. The number of fused-ring (bicyclic) bond motifs is 1. The van der Waals surface area contributed by atoms with Crippen molar-refractivity contribution in [1.82, 2.24) is 9.88 Å². The Hall–Kier alpha value is -4.15. The number of carbonyl (C=O) groups is 2. The van der Waals surface area contributed by atoms with Gasteiger partial charge in [0.2, 0.25) is 5.43 Å². The fourth-order valence-electron chi connectivity index (χ4n) is 5.10. The van der Waals surface area contributed by atoms with Crippen LogP contribution in [0.1, 0.15) is 62.0 Å². The summed E-state index contributed by atoms with van der Waals surface area (Å²) in [6.45, 7) is 5.73. The molecule has 1 aliphatic heterocycles. The second-order valence-corrected chi connectivity index (χ2v) is 11.3. The molecule has 2 aromatic carbocycles. The van der Waals surface area contributed by atoms with E-state index in [-0.39, 0.29) is 48.0 Å². The largest absolute Gasteiger partial charge is 0.477 e. The molecular formula is C29H32F2N4O5. The fourth-order valence-corrected chi connectivity index (χ4v) is 5.10. The SMILES string of the molecule is CC(C)(C)OC(=O)NC1CCN(c2c(F)c(NCc3ccccc3)c3c(=O)c(C(=O)O)cn(C4CC4)c3c2F)C1. The number of aromatic carboxylic acids is 1. The maximum Gasteiger partial charge on any atom is 0.407 e. The van der Waals surface area contributed by atoms with E-state index < -0.39 is 46.3 Å². The van der Waals surface area contributed by atoms with E-state index >= 15 is 8.78 Å². The van der Waals surface area contributed by atoms with Gasteiger partial charge in [0.25, 0.3) is 0 Å². The lowest BCUT2D eigenvalue weighted by molar-refractivity contribution is 0.0508. The predicted molar refractivity (Wildman–Crippen MR) is 147 cm³/mol. The molecule has 1 unspecified atom stereocenters. The van der Waals surface area contributed by atoms with E-state index in [1.165, 1.54) is 9.47 Å². The summed E-state index contributed by atoms with van der Waals surface area (Å²) >= 11 is 0. The number of hydrogen-bond donors (Lipinski definition) is 3. The number of carboxylic acids is 1. The van der Waals surface area contributed by atoms with Crippen LogP contribution >= 0.6 is 0 Å². The highest BCUT2D eigenvalue weighted by molar-refractivity contribution is 6.00. The van der Waals surface area contributed by atoms with Crippen LogP contribution in [0.2, 0.25) is 0 Å². The molecule has 1 amide bonds. The minimum Gasteiger partial charge on any atom is -0.477 e. The molecule has 2 aliphatic rings. The average Bonchev–Trinajstić information content (AvgIpc) is 3.63. The summed E-state index contributed by atoms with van der Waals surface area (Å²) in [7, 11) is 0. The third kappa shape index (κ3) is 5.45. The summed E-state index contributed by atoms with van der Waals surface area (Å²) in [5.41, 5.74) is -2.11. The number of aromatic nitrogens is 1. The number of anilines is 2. The van der Waals surface area contributed by atoms with Crippen molar-refractivity contribution >= 4 is 34.3 Å². The highest BCUT2D eigenvalue weighted by Gasteiger charge is 2.36. The van der Waals surface area contributed by atoms with E-state index in [9.17, 15) is 19.5 Å². The summed E-state index contributed by atoms with van der Waals surface area (Å²) in [5.74, 6) is -3.38. The van der Waals surface area contributed by atoms with Crippen molar-refractivity contribution < 1.29 is 28.2 Å². The summed E-state index contributed by atoms with van der Waals surface area (Å²) in [4.78, 5) is 39.1. The number of pyridine rings is 1. The zero-order valence-electron chi connectivity index (χ0n) is 22.6. The van der Waals surface area contributed by atoms with Crippen LogP contribution in [-0.4, -0.2) is 46.5 Å². The van der Waals surface area contributed by atoms with E-state index in [1.54, 1.807) is 20.8 Å². The first-order valence-electron chi connectivity index (χ1n) is 13.3. The van der Waals surface area contributed by atoms with E-state index in [1.807, 2.05) is 30.3 Å². The van der Waals surface area contributed by atoms with E-state index in [4.69, 9.17) is 4.74 Å². The highest BCUT2D eigenvalue weighted by atomic mass is 19.1. The molecule has 11 heteroatoms. The molecule has 1 aromatic heterocycles. The molecule has 40 heavy (non-hydrogen) atoms. The van der Waals surface area contributed by atoms with Gasteiger partial charge in [0.05, 0.1) is 22.6 Å². The molecule has 5 rings (SSSR count). The minimum atomic E-state index is -1.46. The molecule has 9 nitrogen and oxygen atoms in total. The number of amides is 1. The van der Waals surface area contributed by atoms with Gasteiger partial charge in [-0.25, -0.2) is 18.4 Å². The zero-order chi connectivity index (χ0) is 28.8. The van der Waals surface area contributed by atoms with Crippen molar-refractivity contribution in [3.8, 4) is 0 Å². The monoisotopic (exact) mass is 554 g/mol. The Morgan fingerprint density at radius 3 is 2.42 bits per heavy atom. The molecule has 3 aromatic rings. The van der Waals surface area contributed by atoms with Gasteiger partial charge in [-0.15, -0.1) is 0 Å². The molecule has 1 saturated heterocycles. The Morgan fingerprint density at radius 2 is 1.80 bits per heavy atom. The van der Waals surface area contributed by atoms with Crippen LogP contribution in [0.4, 0.5) is 25.0 Å². The van der Waals surface area contributed by atoms with Crippen molar-refractivity contribution in [1.29, 1.82) is 0 Å². The zero-order valence-corrected chi connectivity index (χ0v) is 22.6. The highest BCUT2D eigenvalue weighted by Crippen LogP contribution is 2.43. The van der Waals surface area contributed by atoms with Gasteiger partial charge in [-0.1, -0.05) is 30.3 Å². The van der Waals surface area contributed by atoms with Crippen LogP contribution in [0.3, 0.4) is 0 Å². The topological polar surface area (TPSA) is 113 Å². The number of rotatable bonds is 7. The maximum absolute atomic E-state index is 16.4. The Labute approximate surface area is 229 Å². The first-order valence-corrected chi connectivity index (χ1v) is 13.3. The van der Waals surface area contributed by atoms with Crippen molar-refractivity contribution in [2.24, 2.45) is 0 Å². The molecule has 1 saturated carbocycles. The second kappa shape index (κ2) is 10.4. The Morgan fingerprint density at radius 1 is 1.10 bits per heavy atom. The lowest BCUT2D eigenvalue weighted by Crippen LogP contribution is -2.40. The van der Waals surface area contributed by atoms with Crippen LogP contribution in [0.5, 0.6) is 0 Å². The molecule has 2 fully saturated rings. The maximum atomic E-state index is 16.4. The first-order chi connectivity index (χ1) is 18.9. The van der Waals surface area contributed by atoms with Gasteiger partial charge < -0.3 is 29.9 Å². The number of benzene rings is 2. The molecule has 1 aliphatic carbocycles. The molecule has 3 N–H and O–H groups in total. The Kier molecular flexibility index (Phi) is 7.16. The number of halogens is 2. The van der Waals surface area contributed by atoms with Gasteiger partial charge in [-0.3, -0.25) is 4.79 Å². The second-order valence-electron chi connectivity index (χ2n) is 11.3. The van der Waals surface area contributed by atoms with Crippen molar-refractivity contribution in [3.05, 3.63) is 69.5 Å². The number of carboxylic acid groups (broad SMARTS) is 1. The van der Waals surface area contributed by atoms with Gasteiger partial charge in [-0.05, 0) is 45.6 Å². The number of hydrogen-bond acceptors (Lipinski definition) is 6. The third-order valence-electron chi connectivity index (χ3n) is 7.04. The lowest BCUT2D eigenvalue weighted by atomic mass is 10.1. The van der Waals surface area contributed by atoms with E-state index in [0.29, 0.717) is 19.3 Å². The van der Waals surface area contributed by atoms with Crippen LogP contribution in [-0.2, 0) is 11.3 Å². The van der Waals surface area contributed by atoms with Crippen LogP contribution in [0, 0.1) is 11.6 Å². The molecule has 2 heterocycles. The van der Waals surface area contributed by atoms with Crippen LogP contribution < -0.4 is 21.0 Å². The van der Waals surface area contributed by atoms with Gasteiger partial charge in [0, 0.05) is 31.9 Å². The Balaban J connectivity index is 1.61. The Bertz CT molecular complexity index is 1530. The average molecular weight is 555 g/mol. The molecule has 0 radical (unpaired) electrons. The number of carbonyl (C=O) groups excluding carboxylic acids is 1. The quantitative estimate of drug-likeness (QED) is 0.376. The van der Waals surface area contributed by atoms with Gasteiger partial charge in [0.15, 0.2) is 11.6 Å². The normalized spacial score (nSPS) is 17.2. The summed E-state index contributed by atoms with van der Waals surface area (Å²) < 4.78 is 39.5. The summed E-state index contributed by atoms with van der Waals surface area (Å²) in [6, 6.07) is 8.48. The van der Waals surface area contributed by atoms with Crippen LogP contribution in [0.25, 0.3) is 10.9 Å². The summed E-state index contributed by atoms with van der Waals surface area (Å²) in [5, 5.41) is 15.1. The van der Waals surface area contributed by atoms with E-state index in [2.05, 4.69) is 10.6 Å². The van der Waals surface area contributed by atoms with Crippen molar-refractivity contribution in [2.75, 3.05) is 23.3 Å². The molecule has 1 atom stereocenters. The smallest absolute Gasteiger partial charge is 0.407 e. The fraction of sp³-hybridized carbons (Fsp3) is 0.414. The lowest BCUT2D eigenvalue weighted by Gasteiger charge is -2.25. The number of alkyl carbamates (subject to hydrolysis) is 1. The van der Waals surface area contributed by atoms with Crippen molar-refractivity contribution in [3.63, 3.8) is 0 Å². The number of nitrogens with zero attached hydrogens (tertiary/aromatic N) is 2. The molecule has 0 bridgehead atoms. The van der Waals surface area contributed by atoms with Gasteiger partial charge in [-0.2, -0.15) is 0 Å². The van der Waals surface area contributed by atoms with E-state index in [0.717, 1.165) is 11.8 Å². The number of nitrogens with one attached hydrogen (secondary N) is 2. The van der Waals surface area contributed by atoms with Crippen molar-refractivity contribution in [2.45, 2.75) is 64.3 Å². The first kappa shape index (κ1) is 27.4. The summed E-state index contributed by atoms with van der Waals surface area (Å²) in [6.07, 6.45) is 2.33.